The zero-order valence-corrected chi connectivity index (χ0v) is 46.3. The number of carboxylic acids is 3. The molecule has 2 heterocycles. The number of hydrogen-bond acceptors (Lipinski definition) is 18. The minimum absolute atomic E-state index is 0.00367. The van der Waals surface area contributed by atoms with Gasteiger partial charge in [-0.05, 0) is 56.1 Å². The molecule has 1 aromatic heterocycles. The first-order chi connectivity index (χ1) is 38.7. The predicted molar refractivity (Wildman–Crippen MR) is 288 cm³/mol. The number of likely N-dealkylation sites (tertiary alicyclic amines) is 1. The van der Waals surface area contributed by atoms with Crippen LogP contribution in [0.1, 0.15) is 77.0 Å². The first-order valence-electron chi connectivity index (χ1n) is 25.9. The van der Waals surface area contributed by atoms with Crippen LogP contribution < -0.4 is 54.0 Å². The van der Waals surface area contributed by atoms with Gasteiger partial charge in [0.05, 0.1) is 31.9 Å². The number of nitrogens with zero attached hydrogens (tertiary/aromatic N) is 2. The number of amides is 10. The Kier molecular flexibility index (Phi) is 27.8. The summed E-state index contributed by atoms with van der Waals surface area (Å²) in [5, 5.41) is 67.2. The summed E-state index contributed by atoms with van der Waals surface area (Å²) in [7, 11) is 0. The second-order valence-electron chi connectivity index (χ2n) is 19.6. The Labute approximate surface area is 474 Å². The molecule has 3 rings (SSSR count). The molecule has 32 heteroatoms. The highest BCUT2D eigenvalue weighted by molar-refractivity contribution is 7.98. The number of aliphatic carboxylic acids is 3. The van der Waals surface area contributed by atoms with E-state index in [0.717, 1.165) is 4.90 Å². The van der Waals surface area contributed by atoms with Crippen LogP contribution in [0.25, 0.3) is 0 Å². The number of carbonyl (C=O) groups is 13. The van der Waals surface area contributed by atoms with Crippen LogP contribution in [-0.4, -0.2) is 209 Å². The van der Waals surface area contributed by atoms with Crippen molar-refractivity contribution in [2.75, 3.05) is 25.2 Å². The van der Waals surface area contributed by atoms with Crippen molar-refractivity contribution in [2.24, 2.45) is 17.4 Å². The molecule has 2 aromatic rings. The predicted octanol–water partition coefficient (Wildman–Crippen LogP) is -5.53. The van der Waals surface area contributed by atoms with E-state index in [-0.39, 0.29) is 38.6 Å². The van der Waals surface area contributed by atoms with Gasteiger partial charge in [0.15, 0.2) is 0 Å². The summed E-state index contributed by atoms with van der Waals surface area (Å²) < 4.78 is 0. The number of H-pyrrole nitrogens is 1. The second-order valence-corrected chi connectivity index (χ2v) is 20.6. The summed E-state index contributed by atoms with van der Waals surface area (Å²) in [5.41, 5.74) is 11.9. The number of aliphatic hydroxyl groups excluding tert-OH is 2. The maximum atomic E-state index is 14.5. The third kappa shape index (κ3) is 22.0. The largest absolute Gasteiger partial charge is 0.481 e. The molecule has 452 valence electrons. The van der Waals surface area contributed by atoms with Gasteiger partial charge in [0.1, 0.15) is 60.4 Å². The van der Waals surface area contributed by atoms with E-state index >= 15 is 0 Å². The summed E-state index contributed by atoms with van der Waals surface area (Å²) in [6.45, 7) is 3.30. The molecular weight excluding hydrogens is 1100 g/mol. The highest BCUT2D eigenvalue weighted by atomic mass is 32.2. The number of primary amides is 1. The number of aliphatic hydroxyl groups is 2. The molecule has 31 nitrogen and oxygen atoms in total. The topological polar surface area (TPSA) is 503 Å². The van der Waals surface area contributed by atoms with Gasteiger partial charge in [-0.3, -0.25) is 57.5 Å². The number of benzene rings is 1. The Hall–Kier alpha value is -8.23. The van der Waals surface area contributed by atoms with Crippen molar-refractivity contribution in [2.45, 2.75) is 145 Å². The molecule has 82 heavy (non-hydrogen) atoms. The molecule has 0 bridgehead atoms. The molecule has 0 unspecified atom stereocenters. The fraction of sp³-hybridized carbons (Fsp3) is 0.560. The molecule has 1 aromatic carbocycles. The molecule has 0 saturated carbocycles. The van der Waals surface area contributed by atoms with Crippen molar-refractivity contribution in [3.63, 3.8) is 0 Å². The average molecular weight is 1180 g/mol. The fourth-order valence-electron chi connectivity index (χ4n) is 8.29. The van der Waals surface area contributed by atoms with Gasteiger partial charge in [0.25, 0.3) is 0 Å². The zero-order chi connectivity index (χ0) is 61.4. The van der Waals surface area contributed by atoms with Gasteiger partial charge < -0.3 is 89.4 Å². The molecule has 18 N–H and O–H groups in total. The van der Waals surface area contributed by atoms with E-state index in [9.17, 15) is 87.9 Å². The van der Waals surface area contributed by atoms with E-state index in [0.29, 0.717) is 17.0 Å². The van der Waals surface area contributed by atoms with Crippen LogP contribution in [-0.2, 0) is 75.2 Å². The number of thioether (sulfide) groups is 1. The van der Waals surface area contributed by atoms with E-state index in [1.54, 1.807) is 50.4 Å². The standard InChI is InChI=1S/C50H73N13O18S/c1-24(2)40(62-41(71)28(14-16-82-4)55-45(75)34(22-64)61-47(77)39(52)25(3)65)48(78)59-31(18-27-21-53-23-54-27)43(73)56-29(12-13-37(67)68)49(79)63-15-8-11-35(63)46(76)58-32(19-36(51)66)44(74)57-30(17-26-9-6-5-7-10-26)42(72)60-33(50(80)81)20-38(69)70/h5-7,9-10,21,23-25,28-35,39-40,64-65H,8,11-20,22,52H2,1-4H3,(H2,51,66)(H,53,54)(H,55,75)(H,56,73)(H,57,74)(H,58,76)(H,59,78)(H,60,72)(H,61,77)(H,62,71)(H,67,68)(H,69,70)(H,80,81)/t25-,28+,29+,30+,31+,32+,33+,34+,35+,39+,40+/m1/s1. The van der Waals surface area contributed by atoms with Crippen molar-refractivity contribution < 1.29 is 87.9 Å². The first-order valence-corrected chi connectivity index (χ1v) is 27.3. The minimum Gasteiger partial charge on any atom is -0.481 e. The molecule has 0 radical (unpaired) electrons. The van der Waals surface area contributed by atoms with E-state index in [2.05, 4.69) is 52.5 Å². The lowest BCUT2D eigenvalue weighted by Gasteiger charge is -2.31. The minimum atomic E-state index is -1.92. The van der Waals surface area contributed by atoms with Crippen LogP contribution in [0, 0.1) is 5.92 Å². The van der Waals surface area contributed by atoms with Gasteiger partial charge in [-0.2, -0.15) is 11.8 Å². The number of carbonyl (C=O) groups excluding carboxylic acids is 10. The van der Waals surface area contributed by atoms with E-state index in [1.807, 2.05) is 0 Å². The third-order valence-electron chi connectivity index (χ3n) is 12.8. The molecule has 1 aliphatic heterocycles. The van der Waals surface area contributed by atoms with Crippen molar-refractivity contribution in [1.82, 2.24) is 57.4 Å². The highest BCUT2D eigenvalue weighted by Crippen LogP contribution is 2.21. The van der Waals surface area contributed by atoms with Gasteiger partial charge in [0.2, 0.25) is 59.1 Å². The van der Waals surface area contributed by atoms with E-state index in [4.69, 9.17) is 11.5 Å². The van der Waals surface area contributed by atoms with Crippen molar-refractivity contribution in [1.29, 1.82) is 0 Å². The lowest BCUT2D eigenvalue weighted by molar-refractivity contribution is -0.147. The maximum absolute atomic E-state index is 14.5. The van der Waals surface area contributed by atoms with Gasteiger partial charge in [-0.1, -0.05) is 44.2 Å². The molecule has 1 saturated heterocycles. The number of carboxylic acid groups (broad SMARTS) is 3. The number of nitrogens with one attached hydrogen (secondary N) is 9. The molecule has 1 aliphatic rings. The van der Waals surface area contributed by atoms with Crippen molar-refractivity contribution >= 4 is 88.7 Å². The highest BCUT2D eigenvalue weighted by Gasteiger charge is 2.41. The second kappa shape index (κ2) is 33.5. The monoisotopic (exact) mass is 1180 g/mol. The smallest absolute Gasteiger partial charge is 0.326 e. The van der Waals surface area contributed by atoms with Crippen LogP contribution in [0.3, 0.4) is 0 Å². The van der Waals surface area contributed by atoms with Crippen LogP contribution in [0.5, 0.6) is 0 Å². The van der Waals surface area contributed by atoms with Crippen LogP contribution in [0.15, 0.2) is 42.9 Å². The summed E-state index contributed by atoms with van der Waals surface area (Å²) >= 11 is 1.31. The Morgan fingerprint density at radius 1 is 0.683 bits per heavy atom. The van der Waals surface area contributed by atoms with Crippen LogP contribution >= 0.6 is 11.8 Å². The van der Waals surface area contributed by atoms with Gasteiger partial charge in [-0.25, -0.2) is 9.78 Å². The number of nitrogens with two attached hydrogens (primary N) is 2. The Balaban J connectivity index is 1.89. The number of rotatable bonds is 35. The summed E-state index contributed by atoms with van der Waals surface area (Å²) in [6.07, 6.45) is -0.612. The molecular formula is C50H73N13O18S. The van der Waals surface area contributed by atoms with Gasteiger partial charge >= 0.3 is 17.9 Å². The molecule has 0 spiro atoms. The molecule has 10 amide bonds. The molecule has 11 atom stereocenters. The summed E-state index contributed by atoms with van der Waals surface area (Å²) in [4.78, 5) is 179. The SMILES string of the molecule is CSCC[C@H](NC(=O)[C@H](CO)NC(=O)[C@@H](N)[C@@H](C)O)C(=O)N[C@H](C(=O)N[C@@H](Cc1cnc[nH]1)C(=O)N[C@@H](CCC(=O)O)C(=O)N1CCC[C@H]1C(=O)N[C@@H](CC(N)=O)C(=O)N[C@@H](Cc1ccccc1)C(=O)N[C@@H](CC(=O)O)C(=O)O)C(C)C. The summed E-state index contributed by atoms with van der Waals surface area (Å²) in [5.74, 6) is -15.2. The van der Waals surface area contributed by atoms with E-state index < -0.39 is 182 Å². The van der Waals surface area contributed by atoms with Gasteiger partial charge in [0, 0.05) is 37.7 Å². The lowest BCUT2D eigenvalue weighted by Crippen LogP contribution is -2.62. The first kappa shape index (κ1) is 68.0. The van der Waals surface area contributed by atoms with E-state index in [1.165, 1.54) is 31.2 Å². The van der Waals surface area contributed by atoms with Gasteiger partial charge in [-0.15, -0.1) is 0 Å². The normalized spacial score (nSPS) is 16.6. The Bertz CT molecular complexity index is 2580. The summed E-state index contributed by atoms with van der Waals surface area (Å²) in [6, 6.07) is -7.87. The zero-order valence-electron chi connectivity index (χ0n) is 45.5. The van der Waals surface area contributed by atoms with Crippen molar-refractivity contribution in [3.8, 4) is 0 Å². The average Bonchev–Trinajstić information content (AvgIpc) is 4.26. The Morgan fingerprint density at radius 3 is 1.79 bits per heavy atom. The number of aromatic amines is 1. The fourth-order valence-corrected chi connectivity index (χ4v) is 8.76. The number of hydrogen-bond donors (Lipinski definition) is 16. The maximum Gasteiger partial charge on any atom is 0.326 e. The number of imidazole rings is 1. The van der Waals surface area contributed by atoms with Crippen LogP contribution in [0.2, 0.25) is 0 Å². The Morgan fingerprint density at radius 2 is 1.24 bits per heavy atom. The molecule has 0 aliphatic carbocycles. The molecule has 1 fully saturated rings. The quantitative estimate of drug-likeness (QED) is 0.0306. The number of aromatic nitrogens is 2. The van der Waals surface area contributed by atoms with Crippen molar-refractivity contribution in [3.05, 3.63) is 54.1 Å². The van der Waals surface area contributed by atoms with Crippen LogP contribution in [0.4, 0.5) is 0 Å². The third-order valence-corrected chi connectivity index (χ3v) is 13.4. The lowest BCUT2D eigenvalue weighted by atomic mass is 10.0.